The summed E-state index contributed by atoms with van der Waals surface area (Å²) in [6.07, 6.45) is 2.22. The number of imidazole rings is 1. The fourth-order valence-electron chi connectivity index (χ4n) is 1.57. The highest BCUT2D eigenvalue weighted by molar-refractivity contribution is 5.90. The molecule has 0 fully saturated rings. The van der Waals surface area contributed by atoms with Crippen molar-refractivity contribution < 1.29 is 4.79 Å². The summed E-state index contributed by atoms with van der Waals surface area (Å²) in [5.41, 5.74) is 7.81. The molecule has 0 saturated carbocycles. The molecule has 1 aromatic carbocycles. The molecule has 0 atom stereocenters. The van der Waals surface area contributed by atoms with Crippen molar-refractivity contribution in [3.8, 4) is 0 Å². The van der Waals surface area contributed by atoms with Crippen LogP contribution in [-0.2, 0) is 6.42 Å². The van der Waals surface area contributed by atoms with E-state index in [4.69, 9.17) is 5.73 Å². The van der Waals surface area contributed by atoms with E-state index in [1.165, 1.54) is 17.3 Å². The molecule has 0 aliphatic carbocycles. The lowest BCUT2D eigenvalue weighted by Crippen LogP contribution is -2.11. The number of hydrogen-bond donors (Lipinski definition) is 2. The number of amides is 1. The van der Waals surface area contributed by atoms with Crippen LogP contribution in [0.25, 0.3) is 0 Å². The maximum atomic E-state index is 10.9. The molecule has 0 bridgehead atoms. The molecule has 4 nitrogen and oxygen atoms in total. The van der Waals surface area contributed by atoms with Crippen molar-refractivity contribution in [1.82, 2.24) is 9.97 Å². The average Bonchev–Trinajstić information content (AvgIpc) is 2.70. The number of nitrogens with zero attached hydrogens (tertiary/aromatic N) is 1. The van der Waals surface area contributed by atoms with Gasteiger partial charge in [-0.1, -0.05) is 24.3 Å². The number of aromatic nitrogens is 2. The van der Waals surface area contributed by atoms with Gasteiger partial charge in [0.25, 0.3) is 5.91 Å². The summed E-state index contributed by atoms with van der Waals surface area (Å²) in [6.45, 7) is 2.05. The van der Waals surface area contributed by atoms with E-state index in [0.717, 1.165) is 5.82 Å². The summed E-state index contributed by atoms with van der Waals surface area (Å²) in [4.78, 5) is 17.9. The monoisotopic (exact) mass is 215 g/mol. The largest absolute Gasteiger partial charge is 0.364 e. The third kappa shape index (κ3) is 2.11. The van der Waals surface area contributed by atoms with Gasteiger partial charge < -0.3 is 10.7 Å². The highest BCUT2D eigenvalue weighted by atomic mass is 16.1. The van der Waals surface area contributed by atoms with E-state index in [0.29, 0.717) is 6.42 Å². The lowest BCUT2D eigenvalue weighted by molar-refractivity contribution is 0.0996. The molecule has 16 heavy (non-hydrogen) atoms. The molecule has 2 rings (SSSR count). The van der Waals surface area contributed by atoms with Crippen LogP contribution in [-0.4, -0.2) is 15.9 Å². The van der Waals surface area contributed by atoms with Crippen LogP contribution in [0.2, 0.25) is 0 Å². The molecule has 0 saturated heterocycles. The minimum Gasteiger partial charge on any atom is -0.364 e. The van der Waals surface area contributed by atoms with E-state index in [1.807, 2.05) is 31.2 Å². The van der Waals surface area contributed by atoms with E-state index in [2.05, 4.69) is 9.97 Å². The van der Waals surface area contributed by atoms with Crippen LogP contribution in [0.3, 0.4) is 0 Å². The first-order chi connectivity index (χ1) is 7.66. The quantitative estimate of drug-likeness (QED) is 0.812. The molecule has 0 unspecified atom stereocenters. The van der Waals surface area contributed by atoms with E-state index in [9.17, 15) is 4.79 Å². The minimum atomic E-state index is -0.507. The number of aromatic amines is 1. The van der Waals surface area contributed by atoms with Crippen LogP contribution >= 0.6 is 0 Å². The molecule has 0 radical (unpaired) electrons. The highest BCUT2D eigenvalue weighted by Gasteiger charge is 2.07. The van der Waals surface area contributed by atoms with Crippen molar-refractivity contribution in [2.24, 2.45) is 5.73 Å². The third-order valence-electron chi connectivity index (χ3n) is 2.50. The number of nitrogens with one attached hydrogen (secondary N) is 1. The number of H-pyrrole nitrogens is 1. The number of primary amides is 1. The molecule has 0 aliphatic rings. The summed E-state index contributed by atoms with van der Waals surface area (Å²) in [5, 5.41) is 0. The van der Waals surface area contributed by atoms with Crippen LogP contribution in [0.15, 0.2) is 30.5 Å². The Bertz CT molecular complexity index is 516. The van der Waals surface area contributed by atoms with Gasteiger partial charge in [-0.2, -0.15) is 0 Å². The summed E-state index contributed by atoms with van der Waals surface area (Å²) in [7, 11) is 0. The summed E-state index contributed by atoms with van der Waals surface area (Å²) in [6, 6.07) is 8.07. The molecule has 1 heterocycles. The SMILES string of the molecule is Cc1ccccc1Cc1nc(C(N)=O)c[nH]1. The molecule has 2 aromatic rings. The zero-order valence-corrected chi connectivity index (χ0v) is 9.03. The Labute approximate surface area is 93.5 Å². The number of benzene rings is 1. The van der Waals surface area contributed by atoms with Crippen molar-refractivity contribution >= 4 is 5.91 Å². The van der Waals surface area contributed by atoms with Crippen molar-refractivity contribution in [1.29, 1.82) is 0 Å². The predicted octanol–water partition coefficient (Wildman–Crippen LogP) is 1.41. The Hall–Kier alpha value is -2.10. The van der Waals surface area contributed by atoms with Crippen molar-refractivity contribution in [3.63, 3.8) is 0 Å². The Morgan fingerprint density at radius 1 is 1.44 bits per heavy atom. The second kappa shape index (κ2) is 4.18. The molecule has 82 valence electrons. The van der Waals surface area contributed by atoms with Gasteiger partial charge in [-0.3, -0.25) is 4.79 Å². The minimum absolute atomic E-state index is 0.281. The van der Waals surface area contributed by atoms with Gasteiger partial charge in [0.2, 0.25) is 0 Å². The van der Waals surface area contributed by atoms with Crippen molar-refractivity contribution in [3.05, 3.63) is 53.1 Å². The Morgan fingerprint density at radius 2 is 2.19 bits per heavy atom. The normalized spacial score (nSPS) is 10.3. The second-order valence-corrected chi connectivity index (χ2v) is 3.70. The van der Waals surface area contributed by atoms with Gasteiger partial charge >= 0.3 is 0 Å². The molecule has 0 aliphatic heterocycles. The first-order valence-corrected chi connectivity index (χ1v) is 5.05. The molecular weight excluding hydrogens is 202 g/mol. The molecule has 4 heteroatoms. The fourth-order valence-corrected chi connectivity index (χ4v) is 1.57. The zero-order valence-electron chi connectivity index (χ0n) is 9.03. The zero-order chi connectivity index (χ0) is 11.5. The Balaban J connectivity index is 2.21. The number of carbonyl (C=O) groups excluding carboxylic acids is 1. The summed E-state index contributed by atoms with van der Waals surface area (Å²) < 4.78 is 0. The van der Waals surface area contributed by atoms with Crippen LogP contribution < -0.4 is 5.73 Å². The highest BCUT2D eigenvalue weighted by Crippen LogP contribution is 2.11. The third-order valence-corrected chi connectivity index (χ3v) is 2.50. The van der Waals surface area contributed by atoms with Gasteiger partial charge in [-0.15, -0.1) is 0 Å². The smallest absolute Gasteiger partial charge is 0.268 e. The number of hydrogen-bond acceptors (Lipinski definition) is 2. The van der Waals surface area contributed by atoms with Crippen LogP contribution in [0, 0.1) is 6.92 Å². The maximum Gasteiger partial charge on any atom is 0.268 e. The van der Waals surface area contributed by atoms with Gasteiger partial charge in [-0.05, 0) is 18.1 Å². The van der Waals surface area contributed by atoms with Gasteiger partial charge in [-0.25, -0.2) is 4.98 Å². The van der Waals surface area contributed by atoms with Gasteiger partial charge in [0, 0.05) is 12.6 Å². The number of nitrogens with two attached hydrogens (primary N) is 1. The van der Waals surface area contributed by atoms with Gasteiger partial charge in [0.05, 0.1) is 0 Å². The van der Waals surface area contributed by atoms with E-state index >= 15 is 0 Å². The molecule has 0 spiro atoms. The Kier molecular flexibility index (Phi) is 2.72. The summed E-state index contributed by atoms with van der Waals surface area (Å²) >= 11 is 0. The van der Waals surface area contributed by atoms with Gasteiger partial charge in [0.1, 0.15) is 11.5 Å². The summed E-state index contributed by atoms with van der Waals surface area (Å²) in [5.74, 6) is 0.246. The molecule has 1 aromatic heterocycles. The lowest BCUT2D eigenvalue weighted by Gasteiger charge is -2.02. The van der Waals surface area contributed by atoms with Gasteiger partial charge in [0.15, 0.2) is 0 Å². The molecule has 3 N–H and O–H groups in total. The first-order valence-electron chi connectivity index (χ1n) is 5.05. The van der Waals surface area contributed by atoms with E-state index in [1.54, 1.807) is 0 Å². The van der Waals surface area contributed by atoms with E-state index in [-0.39, 0.29) is 5.69 Å². The Morgan fingerprint density at radius 3 is 2.81 bits per heavy atom. The first kappa shape index (κ1) is 10.4. The number of rotatable bonds is 3. The van der Waals surface area contributed by atoms with Crippen molar-refractivity contribution in [2.75, 3.05) is 0 Å². The molecular formula is C12H13N3O. The van der Waals surface area contributed by atoms with Crippen LogP contribution in [0.4, 0.5) is 0 Å². The number of aryl methyl sites for hydroxylation is 1. The predicted molar refractivity (Wildman–Crippen MR) is 61.1 cm³/mol. The molecule has 1 amide bonds. The topological polar surface area (TPSA) is 71.8 Å². The lowest BCUT2D eigenvalue weighted by atomic mass is 10.1. The van der Waals surface area contributed by atoms with Crippen LogP contribution in [0.5, 0.6) is 0 Å². The number of carbonyl (C=O) groups is 1. The van der Waals surface area contributed by atoms with Crippen molar-refractivity contribution in [2.45, 2.75) is 13.3 Å². The average molecular weight is 215 g/mol. The second-order valence-electron chi connectivity index (χ2n) is 3.70. The van der Waals surface area contributed by atoms with E-state index < -0.39 is 5.91 Å². The fraction of sp³-hybridized carbons (Fsp3) is 0.167. The van der Waals surface area contributed by atoms with Crippen LogP contribution in [0.1, 0.15) is 27.4 Å². The standard InChI is InChI=1S/C12H13N3O/c1-8-4-2-3-5-9(8)6-11-14-7-10(15-11)12(13)16/h2-5,7H,6H2,1H3,(H2,13,16)(H,14,15). The maximum absolute atomic E-state index is 10.9.